The number of benzene rings is 1. The summed E-state index contributed by atoms with van der Waals surface area (Å²) in [7, 11) is 0. The summed E-state index contributed by atoms with van der Waals surface area (Å²) >= 11 is 3.88. The van der Waals surface area contributed by atoms with Crippen molar-refractivity contribution in [3.05, 3.63) is 51.7 Å². The Balaban J connectivity index is 1.77. The van der Waals surface area contributed by atoms with Crippen LogP contribution in [-0.2, 0) is 0 Å². The molecule has 19 heavy (non-hydrogen) atoms. The molecule has 2 aromatic rings. The van der Waals surface area contributed by atoms with E-state index >= 15 is 0 Å². The first-order valence-corrected chi connectivity index (χ1v) is 8.58. The van der Waals surface area contributed by atoms with Crippen LogP contribution in [-0.4, -0.2) is 5.75 Å². The van der Waals surface area contributed by atoms with Crippen molar-refractivity contribution in [3.63, 3.8) is 0 Å². The maximum absolute atomic E-state index is 3.80. The first-order chi connectivity index (χ1) is 9.24. The fourth-order valence-electron chi connectivity index (χ4n) is 2.59. The molecule has 2 atom stereocenters. The fourth-order valence-corrected chi connectivity index (χ4v) is 4.60. The van der Waals surface area contributed by atoms with Crippen LogP contribution in [0.5, 0.6) is 0 Å². The van der Waals surface area contributed by atoms with Gasteiger partial charge >= 0.3 is 0 Å². The minimum Gasteiger partial charge on any atom is -0.303 e. The zero-order valence-electron chi connectivity index (χ0n) is 11.3. The highest BCUT2D eigenvalue weighted by Gasteiger charge is 2.22. The fraction of sp³-hybridized carbons (Fsp3) is 0.375. The summed E-state index contributed by atoms with van der Waals surface area (Å²) < 4.78 is 0. The average Bonchev–Trinajstić information content (AvgIpc) is 2.86. The van der Waals surface area contributed by atoms with Crippen LogP contribution in [0.3, 0.4) is 0 Å². The minimum atomic E-state index is 0.430. The zero-order valence-corrected chi connectivity index (χ0v) is 13.0. The first kappa shape index (κ1) is 13.2. The van der Waals surface area contributed by atoms with E-state index in [4.69, 9.17) is 0 Å². The molecule has 1 aromatic heterocycles. The van der Waals surface area contributed by atoms with Gasteiger partial charge in [0.05, 0.1) is 0 Å². The second kappa shape index (κ2) is 5.70. The van der Waals surface area contributed by atoms with Gasteiger partial charge in [0.1, 0.15) is 0 Å². The number of thiophene rings is 1. The van der Waals surface area contributed by atoms with Gasteiger partial charge in [-0.2, -0.15) is 0 Å². The highest BCUT2D eigenvalue weighted by atomic mass is 32.2. The van der Waals surface area contributed by atoms with Gasteiger partial charge < -0.3 is 5.32 Å². The normalized spacial score (nSPS) is 20.0. The summed E-state index contributed by atoms with van der Waals surface area (Å²) in [6.45, 7) is 4.45. The van der Waals surface area contributed by atoms with Crippen molar-refractivity contribution in [2.24, 2.45) is 0 Å². The maximum atomic E-state index is 3.80. The lowest BCUT2D eigenvalue weighted by molar-refractivity contribution is 0.454. The van der Waals surface area contributed by atoms with Crippen molar-refractivity contribution in [2.45, 2.75) is 37.2 Å². The molecule has 1 aromatic carbocycles. The Kier molecular flexibility index (Phi) is 3.96. The molecule has 0 radical (unpaired) electrons. The zero-order chi connectivity index (χ0) is 13.2. The lowest BCUT2D eigenvalue weighted by Gasteiger charge is -2.28. The molecular formula is C16H19NS2. The standard InChI is InChI=1S/C16H19NS2/c1-11-7-8-15(19-11)12(2)17-14-9-10-18-16-6-4-3-5-13(14)16/h3-8,12,14,17H,9-10H2,1-2H3. The summed E-state index contributed by atoms with van der Waals surface area (Å²) in [6, 6.07) is 14.2. The molecule has 1 aliphatic heterocycles. The molecule has 3 rings (SSSR count). The minimum absolute atomic E-state index is 0.430. The summed E-state index contributed by atoms with van der Waals surface area (Å²) in [4.78, 5) is 4.28. The van der Waals surface area contributed by atoms with Crippen molar-refractivity contribution in [2.75, 3.05) is 5.75 Å². The molecule has 0 aliphatic carbocycles. The van der Waals surface area contributed by atoms with Gasteiger partial charge in [-0.25, -0.2) is 0 Å². The quantitative estimate of drug-likeness (QED) is 0.858. The predicted molar refractivity (Wildman–Crippen MR) is 85.1 cm³/mol. The molecule has 0 bridgehead atoms. The molecular weight excluding hydrogens is 270 g/mol. The van der Waals surface area contributed by atoms with E-state index < -0.39 is 0 Å². The molecule has 0 fully saturated rings. The maximum Gasteiger partial charge on any atom is 0.0391 e. The van der Waals surface area contributed by atoms with Crippen LogP contribution in [0.2, 0.25) is 0 Å². The lowest BCUT2D eigenvalue weighted by Crippen LogP contribution is -2.26. The van der Waals surface area contributed by atoms with Crippen LogP contribution in [0.4, 0.5) is 0 Å². The van der Waals surface area contributed by atoms with Crippen LogP contribution in [0, 0.1) is 6.92 Å². The first-order valence-electron chi connectivity index (χ1n) is 6.78. The van der Waals surface area contributed by atoms with Crippen LogP contribution in [0.1, 0.15) is 40.7 Å². The molecule has 0 saturated heterocycles. The van der Waals surface area contributed by atoms with Gasteiger partial charge in [0.25, 0.3) is 0 Å². The Labute approximate surface area is 123 Å². The number of nitrogens with one attached hydrogen (secondary N) is 1. The molecule has 0 amide bonds. The smallest absolute Gasteiger partial charge is 0.0391 e. The molecule has 2 heterocycles. The van der Waals surface area contributed by atoms with Crippen LogP contribution < -0.4 is 5.32 Å². The Bertz CT molecular complexity index is 561. The topological polar surface area (TPSA) is 12.0 Å². The largest absolute Gasteiger partial charge is 0.303 e. The Morgan fingerprint density at radius 3 is 2.84 bits per heavy atom. The lowest BCUT2D eigenvalue weighted by atomic mass is 10.0. The second-order valence-corrected chi connectivity index (χ2v) is 7.52. The number of hydrogen-bond donors (Lipinski definition) is 1. The summed E-state index contributed by atoms with van der Waals surface area (Å²) in [5, 5.41) is 3.80. The van der Waals surface area contributed by atoms with Gasteiger partial charge in [-0.1, -0.05) is 18.2 Å². The highest BCUT2D eigenvalue weighted by Crippen LogP contribution is 2.37. The molecule has 0 saturated carbocycles. The average molecular weight is 289 g/mol. The molecule has 100 valence electrons. The molecule has 1 N–H and O–H groups in total. The predicted octanol–water partition coefficient (Wildman–Crippen LogP) is 4.94. The van der Waals surface area contributed by atoms with E-state index in [1.807, 2.05) is 23.1 Å². The molecule has 0 spiro atoms. The number of thioether (sulfide) groups is 1. The second-order valence-electron chi connectivity index (χ2n) is 5.06. The van der Waals surface area contributed by atoms with E-state index in [9.17, 15) is 0 Å². The number of fused-ring (bicyclic) bond motifs is 1. The monoisotopic (exact) mass is 289 g/mol. The van der Waals surface area contributed by atoms with E-state index in [-0.39, 0.29) is 0 Å². The van der Waals surface area contributed by atoms with E-state index in [2.05, 4.69) is 55.6 Å². The van der Waals surface area contributed by atoms with Crippen molar-refractivity contribution in [1.82, 2.24) is 5.32 Å². The van der Waals surface area contributed by atoms with E-state index in [1.54, 1.807) is 0 Å². The third kappa shape index (κ3) is 2.88. The van der Waals surface area contributed by atoms with Crippen LogP contribution in [0.15, 0.2) is 41.3 Å². The Morgan fingerprint density at radius 1 is 1.21 bits per heavy atom. The van der Waals surface area contributed by atoms with Gasteiger partial charge in [0.2, 0.25) is 0 Å². The van der Waals surface area contributed by atoms with E-state index in [1.165, 1.54) is 32.4 Å². The molecule has 1 aliphatic rings. The van der Waals surface area contributed by atoms with Gasteiger partial charge in [0.15, 0.2) is 0 Å². The third-order valence-electron chi connectivity index (χ3n) is 3.60. The Morgan fingerprint density at radius 2 is 2.05 bits per heavy atom. The summed E-state index contributed by atoms with van der Waals surface area (Å²) in [5.74, 6) is 1.21. The highest BCUT2D eigenvalue weighted by molar-refractivity contribution is 7.99. The molecule has 1 nitrogen and oxygen atoms in total. The summed E-state index contributed by atoms with van der Waals surface area (Å²) in [5.41, 5.74) is 1.47. The van der Waals surface area contributed by atoms with E-state index in [0.717, 1.165) is 0 Å². The summed E-state index contributed by atoms with van der Waals surface area (Å²) in [6.07, 6.45) is 1.22. The SMILES string of the molecule is Cc1ccc(C(C)NC2CCSc3ccccc32)s1. The number of aryl methyl sites for hydroxylation is 1. The number of hydrogen-bond acceptors (Lipinski definition) is 3. The number of rotatable bonds is 3. The molecule has 2 unspecified atom stereocenters. The van der Waals surface area contributed by atoms with Gasteiger partial charge in [-0.05, 0) is 49.8 Å². The molecule has 3 heteroatoms. The van der Waals surface area contributed by atoms with Gasteiger partial charge in [0, 0.05) is 26.7 Å². The van der Waals surface area contributed by atoms with Crippen LogP contribution >= 0.6 is 23.1 Å². The van der Waals surface area contributed by atoms with Crippen molar-refractivity contribution >= 4 is 23.1 Å². The van der Waals surface area contributed by atoms with Crippen molar-refractivity contribution < 1.29 is 0 Å². The van der Waals surface area contributed by atoms with Gasteiger partial charge in [-0.15, -0.1) is 23.1 Å². The van der Waals surface area contributed by atoms with Crippen molar-refractivity contribution in [1.29, 1.82) is 0 Å². The van der Waals surface area contributed by atoms with Crippen molar-refractivity contribution in [3.8, 4) is 0 Å². The van der Waals surface area contributed by atoms with Gasteiger partial charge in [-0.3, -0.25) is 0 Å². The van der Waals surface area contributed by atoms with Crippen LogP contribution in [0.25, 0.3) is 0 Å². The van der Waals surface area contributed by atoms with E-state index in [0.29, 0.717) is 12.1 Å². The Hall–Kier alpha value is -0.770. The third-order valence-corrected chi connectivity index (χ3v) is 5.90.